The molecule has 2 aliphatic heterocycles. The molecule has 1 aromatic rings. The van der Waals surface area contributed by atoms with Crippen molar-refractivity contribution in [2.24, 2.45) is 0 Å². The van der Waals surface area contributed by atoms with Crippen LogP contribution in [0.1, 0.15) is 65.9 Å². The molecule has 3 aliphatic rings. The van der Waals surface area contributed by atoms with Crippen molar-refractivity contribution in [3.8, 4) is 0 Å². The molecule has 27 heavy (non-hydrogen) atoms. The van der Waals surface area contributed by atoms with Gasteiger partial charge in [-0.15, -0.1) is 0 Å². The zero-order chi connectivity index (χ0) is 19.6. The zero-order valence-corrected chi connectivity index (χ0v) is 16.9. The van der Waals surface area contributed by atoms with Gasteiger partial charge in [-0.25, -0.2) is 4.98 Å². The fourth-order valence-corrected chi connectivity index (χ4v) is 4.18. The first kappa shape index (κ1) is 18.9. The molecule has 0 bridgehead atoms. The minimum Gasteiger partial charge on any atom is -0.399 e. The molecule has 7 heteroatoms. The van der Waals surface area contributed by atoms with E-state index in [2.05, 4.69) is 11.1 Å². The number of aliphatic hydroxyl groups is 1. The van der Waals surface area contributed by atoms with E-state index in [9.17, 15) is 9.90 Å². The van der Waals surface area contributed by atoms with Gasteiger partial charge in [-0.05, 0) is 58.9 Å². The van der Waals surface area contributed by atoms with Crippen LogP contribution in [0.5, 0.6) is 0 Å². The average Bonchev–Trinajstić information content (AvgIpc) is 2.80. The number of anilines is 1. The lowest BCUT2D eigenvalue weighted by atomic mass is 9.72. The summed E-state index contributed by atoms with van der Waals surface area (Å²) in [5.41, 5.74) is 0.512. The Balaban J connectivity index is 1.59. The number of hydrogen-bond donors (Lipinski definition) is 1. The predicted octanol–water partition coefficient (Wildman–Crippen LogP) is 1.96. The van der Waals surface area contributed by atoms with E-state index in [0.717, 1.165) is 16.8 Å². The second-order valence-corrected chi connectivity index (χ2v) is 9.24. The molecule has 3 heterocycles. The molecular formula is C20H29BN2O4. The summed E-state index contributed by atoms with van der Waals surface area (Å²) in [6.07, 6.45) is 4.87. The van der Waals surface area contributed by atoms with Crippen LogP contribution in [0, 0.1) is 0 Å². The van der Waals surface area contributed by atoms with Crippen LogP contribution < -0.4 is 10.4 Å². The van der Waals surface area contributed by atoms with E-state index in [-0.39, 0.29) is 11.9 Å². The largest absolute Gasteiger partial charge is 0.496 e. The molecular weight excluding hydrogens is 343 g/mol. The molecule has 0 aromatic carbocycles. The van der Waals surface area contributed by atoms with Crippen LogP contribution in [0.25, 0.3) is 0 Å². The molecule has 1 N–H and O–H groups in total. The van der Waals surface area contributed by atoms with Gasteiger partial charge in [-0.1, -0.05) is 13.0 Å². The zero-order valence-electron chi connectivity index (χ0n) is 16.9. The number of fused-ring (bicyclic) bond motifs is 1. The first-order chi connectivity index (χ1) is 12.6. The highest BCUT2D eigenvalue weighted by atomic mass is 16.7. The maximum atomic E-state index is 12.6. The van der Waals surface area contributed by atoms with Crippen molar-refractivity contribution < 1.29 is 19.2 Å². The molecule has 0 spiro atoms. The summed E-state index contributed by atoms with van der Waals surface area (Å²) in [5.74, 6) is 0.830. The summed E-state index contributed by atoms with van der Waals surface area (Å²) >= 11 is 0. The quantitative estimate of drug-likeness (QED) is 0.822. The maximum Gasteiger partial charge on any atom is 0.496 e. The fourth-order valence-electron chi connectivity index (χ4n) is 4.18. The average molecular weight is 372 g/mol. The topological polar surface area (TPSA) is 71.9 Å². The second kappa shape index (κ2) is 6.03. The van der Waals surface area contributed by atoms with Crippen molar-refractivity contribution in [2.45, 2.75) is 89.6 Å². The number of amides is 1. The summed E-state index contributed by atoms with van der Waals surface area (Å²) in [6.45, 7) is 10.1. The molecule has 1 aliphatic carbocycles. The molecule has 2 fully saturated rings. The third-order valence-electron chi connectivity index (χ3n) is 6.85. The molecule has 4 rings (SSSR count). The van der Waals surface area contributed by atoms with Crippen molar-refractivity contribution in [3.05, 3.63) is 17.8 Å². The number of hydrogen-bond acceptors (Lipinski definition) is 5. The molecule has 1 aromatic heterocycles. The Kier molecular flexibility index (Phi) is 4.22. The minimum absolute atomic E-state index is 0.0386. The number of carbonyl (C=O) groups excluding carboxylic acids is 1. The Hall–Kier alpha value is -1.44. The van der Waals surface area contributed by atoms with Gasteiger partial charge in [0.05, 0.1) is 16.8 Å². The number of aryl methyl sites for hydroxylation is 1. The van der Waals surface area contributed by atoms with Gasteiger partial charge in [0.25, 0.3) is 0 Å². The Morgan fingerprint density at radius 1 is 1.22 bits per heavy atom. The summed E-state index contributed by atoms with van der Waals surface area (Å²) in [6, 6.07) is 2.10. The standard InChI is InChI=1S/C20H29BN2O4/c1-6-20(25)10-15(11-20)23-16(24)8-7-13-9-14(12-22-17(13)23)21-26-18(2,3)19(4,5)27-21/h9,12,15,25H,6-8,10-11H2,1-5H3. The van der Waals surface area contributed by atoms with Gasteiger partial charge in [0.1, 0.15) is 5.82 Å². The highest BCUT2D eigenvalue weighted by Crippen LogP contribution is 2.42. The van der Waals surface area contributed by atoms with Gasteiger partial charge in [0.2, 0.25) is 5.91 Å². The van der Waals surface area contributed by atoms with Gasteiger partial charge in [-0.2, -0.15) is 0 Å². The number of rotatable bonds is 3. The van der Waals surface area contributed by atoms with Crippen LogP contribution in [0.2, 0.25) is 0 Å². The molecule has 1 saturated heterocycles. The smallest absolute Gasteiger partial charge is 0.399 e. The summed E-state index contributed by atoms with van der Waals surface area (Å²) in [5, 5.41) is 10.3. The third-order valence-corrected chi connectivity index (χ3v) is 6.85. The predicted molar refractivity (Wildman–Crippen MR) is 104 cm³/mol. The summed E-state index contributed by atoms with van der Waals surface area (Å²) in [4.78, 5) is 19.0. The van der Waals surface area contributed by atoms with E-state index in [1.807, 2.05) is 34.6 Å². The highest BCUT2D eigenvalue weighted by Gasteiger charge is 2.52. The SMILES string of the molecule is CCC1(O)CC(N2C(=O)CCc3cc(B4OC(C)(C)C(C)(C)O4)cnc32)C1. The van der Waals surface area contributed by atoms with Crippen LogP contribution in [0.15, 0.2) is 12.3 Å². The van der Waals surface area contributed by atoms with Crippen molar-refractivity contribution >= 4 is 24.3 Å². The normalized spacial score (nSPS) is 31.6. The highest BCUT2D eigenvalue weighted by molar-refractivity contribution is 6.62. The molecule has 146 valence electrons. The second-order valence-electron chi connectivity index (χ2n) is 9.24. The number of pyridine rings is 1. The third kappa shape index (κ3) is 3.00. The van der Waals surface area contributed by atoms with E-state index < -0.39 is 23.9 Å². The summed E-state index contributed by atoms with van der Waals surface area (Å²) in [7, 11) is -0.451. The van der Waals surface area contributed by atoms with Crippen LogP contribution >= 0.6 is 0 Å². The van der Waals surface area contributed by atoms with Crippen molar-refractivity contribution in [1.29, 1.82) is 0 Å². The van der Waals surface area contributed by atoms with E-state index in [4.69, 9.17) is 9.31 Å². The van der Waals surface area contributed by atoms with Gasteiger partial charge >= 0.3 is 7.12 Å². The Morgan fingerprint density at radius 2 is 1.85 bits per heavy atom. The van der Waals surface area contributed by atoms with Crippen LogP contribution in [-0.4, -0.2) is 46.0 Å². The van der Waals surface area contributed by atoms with Crippen LogP contribution in [0.3, 0.4) is 0 Å². The summed E-state index contributed by atoms with van der Waals surface area (Å²) < 4.78 is 12.3. The Labute approximate surface area is 161 Å². The molecule has 0 atom stereocenters. The lowest BCUT2D eigenvalue weighted by Gasteiger charge is -2.49. The van der Waals surface area contributed by atoms with Crippen LogP contribution in [-0.2, 0) is 20.5 Å². The van der Waals surface area contributed by atoms with Gasteiger partial charge in [0.15, 0.2) is 0 Å². The number of aromatic nitrogens is 1. The van der Waals surface area contributed by atoms with Crippen molar-refractivity contribution in [2.75, 3.05) is 4.90 Å². The molecule has 1 saturated carbocycles. The van der Waals surface area contributed by atoms with Gasteiger partial charge in [0, 0.05) is 24.1 Å². The molecule has 6 nitrogen and oxygen atoms in total. The van der Waals surface area contributed by atoms with E-state index in [0.29, 0.717) is 32.1 Å². The molecule has 0 radical (unpaired) electrons. The van der Waals surface area contributed by atoms with Crippen molar-refractivity contribution in [1.82, 2.24) is 4.98 Å². The Morgan fingerprint density at radius 3 is 2.44 bits per heavy atom. The lowest BCUT2D eigenvalue weighted by molar-refractivity contribution is -0.122. The lowest BCUT2D eigenvalue weighted by Crippen LogP contribution is -2.58. The first-order valence-corrected chi connectivity index (χ1v) is 9.94. The van der Waals surface area contributed by atoms with Crippen LogP contribution in [0.4, 0.5) is 5.82 Å². The first-order valence-electron chi connectivity index (χ1n) is 9.94. The monoisotopic (exact) mass is 372 g/mol. The van der Waals surface area contributed by atoms with E-state index in [1.165, 1.54) is 0 Å². The molecule has 1 amide bonds. The number of carbonyl (C=O) groups is 1. The Bertz CT molecular complexity index is 757. The van der Waals surface area contributed by atoms with E-state index >= 15 is 0 Å². The maximum absolute atomic E-state index is 12.6. The van der Waals surface area contributed by atoms with Gasteiger partial charge < -0.3 is 14.4 Å². The molecule has 0 unspecified atom stereocenters. The van der Waals surface area contributed by atoms with Crippen molar-refractivity contribution in [3.63, 3.8) is 0 Å². The van der Waals surface area contributed by atoms with Gasteiger partial charge in [-0.3, -0.25) is 9.69 Å². The number of nitrogens with zero attached hydrogens (tertiary/aromatic N) is 2. The minimum atomic E-state index is -0.634. The van der Waals surface area contributed by atoms with E-state index in [1.54, 1.807) is 11.1 Å². The fraction of sp³-hybridized carbons (Fsp3) is 0.700.